The highest BCUT2D eigenvalue weighted by molar-refractivity contribution is 7.85. The predicted molar refractivity (Wildman–Crippen MR) is 78.1 cm³/mol. The molecule has 0 fully saturated rings. The van der Waals surface area contributed by atoms with Gasteiger partial charge >= 0.3 is 6.36 Å². The third-order valence-electron chi connectivity index (χ3n) is 2.43. The molecule has 0 bridgehead atoms. The standard InChI is InChI=1S/C13H10F3NO.CH3FO3S/c1-9-8-11(6-7-17-9)10-2-4-12(5-3-10)18-13(14,15)16;1-6(3,4)5-2/h2-8H,1H3;1H3. The number of rotatable bonds is 3. The van der Waals surface area contributed by atoms with E-state index in [4.69, 9.17) is 0 Å². The molecule has 0 aliphatic carbocycles. The van der Waals surface area contributed by atoms with Crippen LogP contribution < -0.4 is 4.74 Å². The summed E-state index contributed by atoms with van der Waals surface area (Å²) in [4.78, 5) is 4.06. The van der Waals surface area contributed by atoms with Crippen LogP contribution in [0.25, 0.3) is 11.1 Å². The topological polar surface area (TPSA) is 65.5 Å². The first-order valence-corrected chi connectivity index (χ1v) is 8.11. The van der Waals surface area contributed by atoms with Crippen molar-refractivity contribution < 1.29 is 35.2 Å². The summed E-state index contributed by atoms with van der Waals surface area (Å²) in [6, 6.07) is 9.40. The maximum Gasteiger partial charge on any atom is 0.573 e. The van der Waals surface area contributed by atoms with Crippen molar-refractivity contribution in [2.45, 2.75) is 13.3 Å². The third kappa shape index (κ3) is 7.88. The van der Waals surface area contributed by atoms with E-state index in [-0.39, 0.29) is 5.75 Å². The van der Waals surface area contributed by atoms with E-state index >= 15 is 0 Å². The Labute approximate surface area is 135 Å². The van der Waals surface area contributed by atoms with Crippen molar-refractivity contribution in [3.63, 3.8) is 0 Å². The highest BCUT2D eigenvalue weighted by atomic mass is 32.2. The van der Waals surface area contributed by atoms with Gasteiger partial charge in [-0.15, -0.1) is 13.2 Å². The van der Waals surface area contributed by atoms with Gasteiger partial charge in [-0.1, -0.05) is 16.5 Å². The Morgan fingerprint density at radius 2 is 1.58 bits per heavy atom. The second-order valence-electron chi connectivity index (χ2n) is 4.53. The number of hydrogen-bond acceptors (Lipinski definition) is 5. The lowest BCUT2D eigenvalue weighted by Crippen LogP contribution is -2.16. The summed E-state index contributed by atoms with van der Waals surface area (Å²) in [5.41, 5.74) is 2.57. The second kappa shape index (κ2) is 8.06. The fourth-order valence-electron chi connectivity index (χ4n) is 1.57. The first-order chi connectivity index (χ1) is 11.0. The maximum atomic E-state index is 12.0. The van der Waals surface area contributed by atoms with Crippen LogP contribution in [0.2, 0.25) is 0 Å². The minimum atomic E-state index is -4.66. The SMILES string of the molecule is CS(=O)(=O)OF.Cc1cc(-c2ccc(OC(F)(F)F)cc2)ccn1. The summed E-state index contributed by atoms with van der Waals surface area (Å²) in [5.74, 6) is -0.225. The number of nitrogens with zero attached hydrogens (tertiary/aromatic N) is 1. The fourth-order valence-corrected chi connectivity index (χ4v) is 1.57. The Morgan fingerprint density at radius 3 is 2.00 bits per heavy atom. The summed E-state index contributed by atoms with van der Waals surface area (Å²) in [6.45, 7) is 1.85. The largest absolute Gasteiger partial charge is 0.573 e. The van der Waals surface area contributed by atoms with Crippen LogP contribution in [0.3, 0.4) is 0 Å². The van der Waals surface area contributed by atoms with Crippen LogP contribution in [0.15, 0.2) is 42.6 Å². The van der Waals surface area contributed by atoms with Gasteiger partial charge < -0.3 is 4.74 Å². The average molecular weight is 367 g/mol. The van der Waals surface area contributed by atoms with Gasteiger partial charge in [-0.25, -0.2) is 0 Å². The van der Waals surface area contributed by atoms with Gasteiger partial charge in [-0.3, -0.25) is 4.98 Å². The Morgan fingerprint density at radius 1 is 1.04 bits per heavy atom. The van der Waals surface area contributed by atoms with Gasteiger partial charge in [0.25, 0.3) is 10.1 Å². The molecule has 0 aliphatic heterocycles. The molecule has 0 unspecified atom stereocenters. The molecule has 2 aromatic rings. The smallest absolute Gasteiger partial charge is 0.406 e. The molecule has 1 aromatic carbocycles. The van der Waals surface area contributed by atoms with Crippen LogP contribution in [-0.2, 0) is 14.5 Å². The molecule has 1 aromatic heterocycles. The first-order valence-electron chi connectivity index (χ1n) is 6.29. The number of halogens is 4. The van der Waals surface area contributed by atoms with E-state index in [9.17, 15) is 26.1 Å². The molecule has 24 heavy (non-hydrogen) atoms. The van der Waals surface area contributed by atoms with Gasteiger partial charge in [0.15, 0.2) is 0 Å². The number of alkyl halides is 3. The van der Waals surface area contributed by atoms with Crippen molar-refractivity contribution in [3.05, 3.63) is 48.3 Å². The number of ether oxygens (including phenoxy) is 1. The van der Waals surface area contributed by atoms with Crippen LogP contribution in [0.4, 0.5) is 17.7 Å². The molecule has 5 nitrogen and oxygen atoms in total. The number of hydrogen-bond donors (Lipinski definition) is 0. The zero-order chi connectivity index (χ0) is 18.4. The molecule has 0 N–H and O–H groups in total. The molecule has 2 rings (SSSR count). The lowest BCUT2D eigenvalue weighted by atomic mass is 10.1. The molecule has 0 aliphatic rings. The van der Waals surface area contributed by atoms with E-state index in [1.54, 1.807) is 24.4 Å². The first kappa shape index (κ1) is 19.8. The summed E-state index contributed by atoms with van der Waals surface area (Å²) in [7, 11) is -3.83. The Kier molecular flexibility index (Phi) is 6.67. The van der Waals surface area contributed by atoms with Crippen molar-refractivity contribution in [1.82, 2.24) is 4.98 Å². The maximum absolute atomic E-state index is 12.0. The van der Waals surface area contributed by atoms with E-state index < -0.39 is 16.5 Å². The number of aryl methyl sites for hydroxylation is 1. The quantitative estimate of drug-likeness (QED) is 0.772. The van der Waals surface area contributed by atoms with Crippen LogP contribution >= 0.6 is 0 Å². The summed E-state index contributed by atoms with van der Waals surface area (Å²) in [5, 5.41) is 0. The molecule has 1 heterocycles. The number of benzene rings is 1. The Balaban J connectivity index is 0.000000413. The molecule has 0 saturated carbocycles. The van der Waals surface area contributed by atoms with Gasteiger partial charge in [0.2, 0.25) is 0 Å². The molecule has 0 amide bonds. The van der Waals surface area contributed by atoms with Crippen LogP contribution in [0.1, 0.15) is 5.69 Å². The van der Waals surface area contributed by atoms with E-state index in [1.807, 2.05) is 13.0 Å². The molecular weight excluding hydrogens is 354 g/mol. The van der Waals surface area contributed by atoms with Crippen LogP contribution in [0.5, 0.6) is 5.75 Å². The van der Waals surface area contributed by atoms with Crippen molar-refractivity contribution in [2.75, 3.05) is 6.26 Å². The van der Waals surface area contributed by atoms with Crippen LogP contribution in [0, 0.1) is 6.92 Å². The van der Waals surface area contributed by atoms with E-state index in [0.717, 1.165) is 16.8 Å². The minimum absolute atomic E-state index is 0.225. The van der Waals surface area contributed by atoms with Gasteiger partial charge in [0, 0.05) is 11.9 Å². The van der Waals surface area contributed by atoms with Crippen LogP contribution in [-0.4, -0.2) is 26.0 Å². The molecule has 10 heteroatoms. The zero-order valence-corrected chi connectivity index (χ0v) is 13.4. The lowest BCUT2D eigenvalue weighted by molar-refractivity contribution is -0.274. The summed E-state index contributed by atoms with van der Waals surface area (Å²) >= 11 is 0. The zero-order valence-electron chi connectivity index (χ0n) is 12.5. The average Bonchev–Trinajstić information content (AvgIpc) is 2.46. The summed E-state index contributed by atoms with van der Waals surface area (Å²) < 4.78 is 71.4. The van der Waals surface area contributed by atoms with Crippen molar-refractivity contribution >= 4 is 10.1 Å². The predicted octanol–water partition coefficient (Wildman–Crippen LogP) is 3.80. The lowest BCUT2D eigenvalue weighted by Gasteiger charge is -2.09. The molecule has 0 saturated heterocycles. The van der Waals surface area contributed by atoms with Crippen molar-refractivity contribution in [3.8, 4) is 16.9 Å². The molecule has 0 atom stereocenters. The number of aromatic nitrogens is 1. The molecule has 132 valence electrons. The van der Waals surface area contributed by atoms with E-state index in [0.29, 0.717) is 6.26 Å². The second-order valence-corrected chi connectivity index (χ2v) is 6.06. The van der Waals surface area contributed by atoms with Gasteiger partial charge in [-0.2, -0.15) is 8.42 Å². The summed E-state index contributed by atoms with van der Waals surface area (Å²) in [6.07, 6.45) is -2.38. The van der Waals surface area contributed by atoms with Gasteiger partial charge in [-0.05, 0) is 46.8 Å². The highest BCUT2D eigenvalue weighted by Crippen LogP contribution is 2.26. The van der Waals surface area contributed by atoms with Crippen molar-refractivity contribution in [2.24, 2.45) is 0 Å². The molecule has 0 radical (unpaired) electrons. The monoisotopic (exact) mass is 367 g/mol. The highest BCUT2D eigenvalue weighted by Gasteiger charge is 2.30. The van der Waals surface area contributed by atoms with Gasteiger partial charge in [0.05, 0.1) is 6.26 Å². The normalized spacial score (nSPS) is 11.4. The Bertz CT molecular complexity index is 761. The van der Waals surface area contributed by atoms with E-state index in [1.165, 1.54) is 12.1 Å². The van der Waals surface area contributed by atoms with Gasteiger partial charge in [0.1, 0.15) is 5.75 Å². The third-order valence-corrected chi connectivity index (χ3v) is 2.66. The molecule has 0 spiro atoms. The number of pyridine rings is 1. The minimum Gasteiger partial charge on any atom is -0.406 e. The van der Waals surface area contributed by atoms with E-state index in [2.05, 4.69) is 14.1 Å². The van der Waals surface area contributed by atoms with Crippen molar-refractivity contribution in [1.29, 1.82) is 0 Å². The molecular formula is C14H13F4NO4S. The Hall–Kier alpha value is -2.20. The fraction of sp³-hybridized carbons (Fsp3) is 0.214.